The van der Waals surface area contributed by atoms with Crippen molar-refractivity contribution in [3.8, 4) is 17.6 Å². The number of benzene rings is 1. The third kappa shape index (κ3) is 3.55. The van der Waals surface area contributed by atoms with Crippen LogP contribution < -0.4 is 14.8 Å². The van der Waals surface area contributed by atoms with Gasteiger partial charge in [-0.05, 0) is 26.0 Å². The maximum atomic E-state index is 12.0. The summed E-state index contributed by atoms with van der Waals surface area (Å²) >= 11 is 0. The number of ether oxygens (including phenoxy) is 2. The van der Waals surface area contributed by atoms with Crippen LogP contribution in [0, 0.1) is 18.3 Å². The molecule has 0 fully saturated rings. The highest BCUT2D eigenvalue weighted by molar-refractivity contribution is 5.93. The van der Waals surface area contributed by atoms with Crippen molar-refractivity contribution >= 4 is 11.7 Å². The van der Waals surface area contributed by atoms with Crippen molar-refractivity contribution in [3.63, 3.8) is 0 Å². The summed E-state index contributed by atoms with van der Waals surface area (Å²) in [7, 11) is 1.46. The van der Waals surface area contributed by atoms with E-state index in [-0.39, 0.29) is 5.91 Å². The minimum Gasteiger partial charge on any atom is -0.493 e. The Kier molecular flexibility index (Phi) is 4.63. The molecule has 0 bridgehead atoms. The van der Waals surface area contributed by atoms with E-state index in [1.54, 1.807) is 38.1 Å². The van der Waals surface area contributed by atoms with E-state index in [0.29, 0.717) is 28.6 Å². The van der Waals surface area contributed by atoms with Gasteiger partial charge in [0, 0.05) is 12.1 Å². The van der Waals surface area contributed by atoms with Gasteiger partial charge in [-0.2, -0.15) is 5.26 Å². The number of nitrogens with one attached hydrogen (secondary N) is 1. The second kappa shape index (κ2) is 6.63. The minimum atomic E-state index is -0.779. The van der Waals surface area contributed by atoms with E-state index < -0.39 is 6.10 Å². The molecule has 22 heavy (non-hydrogen) atoms. The third-order valence-electron chi connectivity index (χ3n) is 2.84. The average Bonchev–Trinajstić information content (AvgIpc) is 2.92. The molecule has 1 aromatic carbocycles. The molecule has 114 valence electrons. The molecular formula is C15H15N3O4. The van der Waals surface area contributed by atoms with Crippen molar-refractivity contribution in [1.82, 2.24) is 5.16 Å². The fraction of sp³-hybridized carbons (Fsp3) is 0.267. The largest absolute Gasteiger partial charge is 0.493 e. The molecule has 2 rings (SSSR count). The molecule has 1 N–H and O–H groups in total. The number of hydrogen-bond acceptors (Lipinski definition) is 6. The summed E-state index contributed by atoms with van der Waals surface area (Å²) in [6.45, 7) is 3.32. The summed E-state index contributed by atoms with van der Waals surface area (Å²) in [5, 5.41) is 15.1. The Balaban J connectivity index is 2.06. The molecule has 1 heterocycles. The zero-order chi connectivity index (χ0) is 16.1. The van der Waals surface area contributed by atoms with Gasteiger partial charge in [-0.15, -0.1) is 0 Å². The normalized spacial score (nSPS) is 11.4. The number of aromatic nitrogens is 1. The highest BCUT2D eigenvalue weighted by atomic mass is 16.5. The number of nitrogens with zero attached hydrogens (tertiary/aromatic N) is 2. The Hall–Kier alpha value is -3.01. The van der Waals surface area contributed by atoms with E-state index >= 15 is 0 Å². The molecular weight excluding hydrogens is 286 g/mol. The van der Waals surface area contributed by atoms with Crippen LogP contribution in [0.25, 0.3) is 0 Å². The summed E-state index contributed by atoms with van der Waals surface area (Å²) in [5.41, 5.74) is 0.444. The maximum Gasteiger partial charge on any atom is 0.266 e. The molecule has 0 aliphatic heterocycles. The van der Waals surface area contributed by atoms with Gasteiger partial charge in [-0.25, -0.2) is 0 Å². The average molecular weight is 301 g/mol. The lowest BCUT2D eigenvalue weighted by atomic mass is 10.2. The van der Waals surface area contributed by atoms with Crippen LogP contribution >= 0.6 is 0 Å². The van der Waals surface area contributed by atoms with Crippen LogP contribution in [0.3, 0.4) is 0 Å². The molecule has 0 unspecified atom stereocenters. The summed E-state index contributed by atoms with van der Waals surface area (Å²) < 4.78 is 15.6. The Bertz CT molecular complexity index is 718. The molecule has 0 radical (unpaired) electrons. The molecule has 0 saturated heterocycles. The monoisotopic (exact) mass is 301 g/mol. The van der Waals surface area contributed by atoms with Crippen molar-refractivity contribution in [2.24, 2.45) is 0 Å². The number of nitriles is 1. The van der Waals surface area contributed by atoms with Crippen molar-refractivity contribution in [2.75, 3.05) is 12.4 Å². The smallest absolute Gasteiger partial charge is 0.266 e. The van der Waals surface area contributed by atoms with Gasteiger partial charge in [0.25, 0.3) is 5.91 Å². The van der Waals surface area contributed by atoms with Crippen LogP contribution in [0.1, 0.15) is 18.2 Å². The fourth-order valence-electron chi connectivity index (χ4n) is 1.73. The lowest BCUT2D eigenvalue weighted by Gasteiger charge is -2.16. The van der Waals surface area contributed by atoms with E-state index in [0.717, 1.165) is 0 Å². The first-order valence-corrected chi connectivity index (χ1v) is 6.52. The quantitative estimate of drug-likeness (QED) is 0.909. The molecule has 1 aromatic heterocycles. The van der Waals surface area contributed by atoms with Crippen LogP contribution in [-0.2, 0) is 4.79 Å². The van der Waals surface area contributed by atoms with Crippen molar-refractivity contribution in [1.29, 1.82) is 5.26 Å². The molecule has 0 saturated carbocycles. The van der Waals surface area contributed by atoms with E-state index in [4.69, 9.17) is 19.3 Å². The molecule has 0 spiro atoms. The number of rotatable bonds is 5. The van der Waals surface area contributed by atoms with Gasteiger partial charge in [0.05, 0.1) is 18.7 Å². The van der Waals surface area contributed by atoms with Gasteiger partial charge in [-0.1, -0.05) is 5.16 Å². The van der Waals surface area contributed by atoms with Gasteiger partial charge in [0.15, 0.2) is 23.4 Å². The Morgan fingerprint density at radius 2 is 2.18 bits per heavy atom. The zero-order valence-electron chi connectivity index (χ0n) is 12.4. The maximum absolute atomic E-state index is 12.0. The molecule has 7 heteroatoms. The molecule has 0 aliphatic carbocycles. The number of anilines is 1. The highest BCUT2D eigenvalue weighted by Crippen LogP contribution is 2.28. The summed E-state index contributed by atoms with van der Waals surface area (Å²) in [6, 6.07) is 8.32. The SMILES string of the molecule is COc1cc(C#N)ccc1O[C@H](C)C(=O)Nc1cc(C)on1. The Labute approximate surface area is 127 Å². The summed E-state index contributed by atoms with van der Waals surface area (Å²) in [5.74, 6) is 1.30. The van der Waals surface area contributed by atoms with Crippen molar-refractivity contribution in [3.05, 3.63) is 35.6 Å². The number of hydrogen-bond donors (Lipinski definition) is 1. The van der Waals surface area contributed by atoms with Crippen LogP contribution in [0.15, 0.2) is 28.8 Å². The molecule has 2 aromatic rings. The summed E-state index contributed by atoms with van der Waals surface area (Å²) in [6.07, 6.45) is -0.779. The van der Waals surface area contributed by atoms with Crippen molar-refractivity contribution < 1.29 is 18.8 Å². The number of carbonyl (C=O) groups excluding carboxylic acids is 1. The first-order valence-electron chi connectivity index (χ1n) is 6.52. The van der Waals surface area contributed by atoms with Gasteiger partial charge in [-0.3, -0.25) is 4.79 Å². The molecule has 7 nitrogen and oxygen atoms in total. The van der Waals surface area contributed by atoms with E-state index in [2.05, 4.69) is 10.5 Å². The van der Waals surface area contributed by atoms with Gasteiger partial charge >= 0.3 is 0 Å². The van der Waals surface area contributed by atoms with Gasteiger partial charge < -0.3 is 19.3 Å². The lowest BCUT2D eigenvalue weighted by Crippen LogP contribution is -2.30. The number of methoxy groups -OCH3 is 1. The van der Waals surface area contributed by atoms with E-state index in [1.165, 1.54) is 7.11 Å². The molecule has 0 aliphatic rings. The van der Waals surface area contributed by atoms with Crippen molar-refractivity contribution in [2.45, 2.75) is 20.0 Å². The predicted molar refractivity (Wildman–Crippen MR) is 77.7 cm³/mol. The van der Waals surface area contributed by atoms with Crippen LogP contribution in [0.5, 0.6) is 11.5 Å². The first-order chi connectivity index (χ1) is 10.5. The van der Waals surface area contributed by atoms with E-state index in [9.17, 15) is 4.79 Å². The van der Waals surface area contributed by atoms with Crippen LogP contribution in [0.2, 0.25) is 0 Å². The van der Waals surface area contributed by atoms with Crippen LogP contribution in [0.4, 0.5) is 5.82 Å². The zero-order valence-corrected chi connectivity index (χ0v) is 12.4. The number of aryl methyl sites for hydroxylation is 1. The second-order valence-corrected chi connectivity index (χ2v) is 4.55. The van der Waals surface area contributed by atoms with Gasteiger partial charge in [0.1, 0.15) is 5.76 Å². The van der Waals surface area contributed by atoms with E-state index in [1.807, 2.05) is 6.07 Å². The Morgan fingerprint density at radius 1 is 1.41 bits per heavy atom. The standard InChI is InChI=1S/C15H15N3O4/c1-9-6-14(18-22-9)17-15(19)10(2)21-12-5-4-11(8-16)7-13(12)20-3/h4-7,10H,1-3H3,(H,17,18,19)/t10-/m1/s1. The highest BCUT2D eigenvalue weighted by Gasteiger charge is 2.18. The second-order valence-electron chi connectivity index (χ2n) is 4.55. The summed E-state index contributed by atoms with van der Waals surface area (Å²) in [4.78, 5) is 12.0. The number of amides is 1. The topological polar surface area (TPSA) is 97.4 Å². The first kappa shape index (κ1) is 15.4. The lowest BCUT2D eigenvalue weighted by molar-refractivity contribution is -0.122. The number of carbonyl (C=O) groups is 1. The minimum absolute atomic E-state index is 0.324. The van der Waals surface area contributed by atoms with Crippen LogP contribution in [-0.4, -0.2) is 24.3 Å². The predicted octanol–water partition coefficient (Wildman–Crippen LogP) is 2.27. The molecule has 1 amide bonds. The van der Waals surface area contributed by atoms with Gasteiger partial charge in [0.2, 0.25) is 0 Å². The Morgan fingerprint density at radius 3 is 2.77 bits per heavy atom. The fourth-order valence-corrected chi connectivity index (χ4v) is 1.73. The third-order valence-corrected chi connectivity index (χ3v) is 2.84. The molecule has 1 atom stereocenters.